The van der Waals surface area contributed by atoms with Crippen LogP contribution in [-0.4, -0.2) is 14.8 Å². The summed E-state index contributed by atoms with van der Waals surface area (Å²) in [5, 5.41) is 9.40. The highest BCUT2D eigenvalue weighted by Crippen LogP contribution is 2.30. The fourth-order valence-electron chi connectivity index (χ4n) is 2.99. The zero-order valence-corrected chi connectivity index (χ0v) is 16.0. The topological polar surface area (TPSA) is 30.7 Å². The number of aromatic nitrogens is 3. The zero-order chi connectivity index (χ0) is 19.5. The highest BCUT2D eigenvalue weighted by Gasteiger charge is 2.16. The van der Waals surface area contributed by atoms with Gasteiger partial charge in [0.2, 0.25) is 0 Å². The number of halogens is 2. The number of aryl methyl sites for hydroxylation is 1. The minimum absolute atomic E-state index is 0.382. The molecule has 0 saturated carbocycles. The highest BCUT2D eigenvalue weighted by molar-refractivity contribution is 7.98. The summed E-state index contributed by atoms with van der Waals surface area (Å²) in [5.74, 6) is -0.0584. The van der Waals surface area contributed by atoms with Gasteiger partial charge in [-0.3, -0.25) is 4.57 Å². The van der Waals surface area contributed by atoms with Crippen molar-refractivity contribution >= 4 is 11.8 Å². The fourth-order valence-corrected chi connectivity index (χ4v) is 3.87. The van der Waals surface area contributed by atoms with Gasteiger partial charge in [0.25, 0.3) is 0 Å². The SMILES string of the molecule is Cc1cccc(-c2nnc(SCc3cc(F)cc(F)c3)n2-c2ccccc2)c1. The molecule has 0 aliphatic carbocycles. The molecule has 0 aliphatic rings. The van der Waals surface area contributed by atoms with Crippen LogP contribution in [-0.2, 0) is 5.75 Å². The molecule has 6 heteroatoms. The minimum Gasteiger partial charge on any atom is -0.270 e. The molecular formula is C22H17F2N3S. The van der Waals surface area contributed by atoms with E-state index in [0.717, 1.165) is 28.7 Å². The molecule has 140 valence electrons. The summed E-state index contributed by atoms with van der Waals surface area (Å²) in [4.78, 5) is 0. The molecule has 0 saturated heterocycles. The number of para-hydroxylation sites is 1. The van der Waals surface area contributed by atoms with E-state index in [9.17, 15) is 8.78 Å². The number of benzene rings is 3. The normalized spacial score (nSPS) is 11.0. The maximum Gasteiger partial charge on any atom is 0.196 e. The van der Waals surface area contributed by atoms with E-state index in [0.29, 0.717) is 16.5 Å². The minimum atomic E-state index is -0.583. The quantitative estimate of drug-likeness (QED) is 0.401. The number of nitrogens with zero attached hydrogens (tertiary/aromatic N) is 3. The smallest absolute Gasteiger partial charge is 0.196 e. The van der Waals surface area contributed by atoms with Crippen molar-refractivity contribution in [3.63, 3.8) is 0 Å². The van der Waals surface area contributed by atoms with Gasteiger partial charge in [0.1, 0.15) is 11.6 Å². The Labute approximate surface area is 166 Å². The number of hydrogen-bond donors (Lipinski definition) is 0. The van der Waals surface area contributed by atoms with E-state index < -0.39 is 11.6 Å². The van der Waals surface area contributed by atoms with Crippen LogP contribution in [0, 0.1) is 18.6 Å². The van der Waals surface area contributed by atoms with Gasteiger partial charge in [-0.2, -0.15) is 0 Å². The van der Waals surface area contributed by atoms with Crippen molar-refractivity contribution in [2.45, 2.75) is 17.8 Å². The molecule has 0 N–H and O–H groups in total. The predicted molar refractivity (Wildman–Crippen MR) is 107 cm³/mol. The molecule has 4 aromatic rings. The summed E-state index contributed by atoms with van der Waals surface area (Å²) < 4.78 is 28.9. The lowest BCUT2D eigenvalue weighted by Gasteiger charge is -2.11. The highest BCUT2D eigenvalue weighted by atomic mass is 32.2. The second-order valence-corrected chi connectivity index (χ2v) is 7.36. The molecule has 3 nitrogen and oxygen atoms in total. The van der Waals surface area contributed by atoms with Crippen molar-refractivity contribution in [2.24, 2.45) is 0 Å². The third kappa shape index (κ3) is 3.97. The Morgan fingerprint density at radius 1 is 0.857 bits per heavy atom. The molecule has 28 heavy (non-hydrogen) atoms. The standard InChI is InChI=1S/C22H17F2N3S/c1-15-6-5-7-17(10-15)21-25-26-22(27(21)20-8-3-2-4-9-20)28-14-16-11-18(23)13-19(24)12-16/h2-13H,14H2,1H3. The first kappa shape index (κ1) is 18.4. The van der Waals surface area contributed by atoms with Crippen LogP contribution in [0.2, 0.25) is 0 Å². The van der Waals surface area contributed by atoms with Gasteiger partial charge < -0.3 is 0 Å². The van der Waals surface area contributed by atoms with E-state index in [4.69, 9.17) is 0 Å². The van der Waals surface area contributed by atoms with Crippen LogP contribution >= 0.6 is 11.8 Å². The molecule has 1 aromatic heterocycles. The van der Waals surface area contributed by atoms with Gasteiger partial charge in [-0.05, 0) is 42.8 Å². The van der Waals surface area contributed by atoms with Gasteiger partial charge in [0, 0.05) is 23.1 Å². The van der Waals surface area contributed by atoms with E-state index in [-0.39, 0.29) is 0 Å². The maximum absolute atomic E-state index is 13.5. The van der Waals surface area contributed by atoms with Gasteiger partial charge in [-0.1, -0.05) is 53.7 Å². The largest absolute Gasteiger partial charge is 0.270 e. The first-order valence-corrected chi connectivity index (χ1v) is 9.74. The summed E-state index contributed by atoms with van der Waals surface area (Å²) >= 11 is 1.39. The van der Waals surface area contributed by atoms with Crippen LogP contribution in [0.4, 0.5) is 8.78 Å². The molecule has 4 rings (SSSR count). The zero-order valence-electron chi connectivity index (χ0n) is 15.1. The molecular weight excluding hydrogens is 376 g/mol. The summed E-state index contributed by atoms with van der Waals surface area (Å²) in [6, 6.07) is 21.4. The molecule has 0 spiro atoms. The van der Waals surface area contributed by atoms with Crippen molar-refractivity contribution in [3.05, 3.63) is 95.6 Å². The Bertz CT molecular complexity index is 1090. The molecule has 0 atom stereocenters. The Hall–Kier alpha value is -2.99. The van der Waals surface area contributed by atoms with Crippen LogP contribution < -0.4 is 0 Å². The monoisotopic (exact) mass is 393 g/mol. The lowest BCUT2D eigenvalue weighted by atomic mass is 10.1. The van der Waals surface area contributed by atoms with Gasteiger partial charge in [0.15, 0.2) is 11.0 Å². The second kappa shape index (κ2) is 7.94. The average molecular weight is 393 g/mol. The first-order valence-electron chi connectivity index (χ1n) is 8.76. The van der Waals surface area contributed by atoms with Crippen molar-refractivity contribution in [3.8, 4) is 17.1 Å². The molecule has 0 bridgehead atoms. The maximum atomic E-state index is 13.5. The molecule has 0 radical (unpaired) electrons. The average Bonchev–Trinajstić information content (AvgIpc) is 3.10. The van der Waals surface area contributed by atoms with Gasteiger partial charge in [0.05, 0.1) is 0 Å². The third-order valence-electron chi connectivity index (χ3n) is 4.21. The summed E-state index contributed by atoms with van der Waals surface area (Å²) in [7, 11) is 0. The predicted octanol–water partition coefficient (Wildman–Crippen LogP) is 5.81. The number of hydrogen-bond acceptors (Lipinski definition) is 3. The lowest BCUT2D eigenvalue weighted by Crippen LogP contribution is -2.00. The molecule has 1 heterocycles. The Morgan fingerprint density at radius 3 is 2.32 bits per heavy atom. The lowest BCUT2D eigenvalue weighted by molar-refractivity contribution is 0.581. The van der Waals surface area contributed by atoms with E-state index in [1.807, 2.05) is 60.0 Å². The van der Waals surface area contributed by atoms with Crippen molar-refractivity contribution in [1.29, 1.82) is 0 Å². The fraction of sp³-hybridized carbons (Fsp3) is 0.0909. The van der Waals surface area contributed by atoms with Crippen molar-refractivity contribution in [2.75, 3.05) is 0 Å². The van der Waals surface area contributed by atoms with Gasteiger partial charge in [-0.25, -0.2) is 8.78 Å². The van der Waals surface area contributed by atoms with Gasteiger partial charge >= 0.3 is 0 Å². The van der Waals surface area contributed by atoms with Crippen LogP contribution in [0.3, 0.4) is 0 Å². The molecule has 0 amide bonds. The van der Waals surface area contributed by atoms with Gasteiger partial charge in [-0.15, -0.1) is 10.2 Å². The van der Waals surface area contributed by atoms with E-state index >= 15 is 0 Å². The van der Waals surface area contributed by atoms with E-state index in [1.165, 1.54) is 23.9 Å². The molecule has 3 aromatic carbocycles. The second-order valence-electron chi connectivity index (χ2n) is 6.41. The Balaban J connectivity index is 1.73. The van der Waals surface area contributed by atoms with Crippen LogP contribution in [0.15, 0.2) is 78.0 Å². The number of rotatable bonds is 5. The number of thioether (sulfide) groups is 1. The first-order chi connectivity index (χ1) is 13.6. The molecule has 0 unspecified atom stereocenters. The van der Waals surface area contributed by atoms with E-state index in [2.05, 4.69) is 16.3 Å². The third-order valence-corrected chi connectivity index (χ3v) is 5.21. The summed E-state index contributed by atoms with van der Waals surface area (Å²) in [6.07, 6.45) is 0. The van der Waals surface area contributed by atoms with Crippen LogP contribution in [0.5, 0.6) is 0 Å². The van der Waals surface area contributed by atoms with E-state index in [1.54, 1.807) is 0 Å². The summed E-state index contributed by atoms with van der Waals surface area (Å²) in [5.41, 5.74) is 3.57. The molecule has 0 aliphatic heterocycles. The van der Waals surface area contributed by atoms with Crippen LogP contribution in [0.25, 0.3) is 17.1 Å². The van der Waals surface area contributed by atoms with Crippen LogP contribution in [0.1, 0.15) is 11.1 Å². The Morgan fingerprint density at radius 2 is 1.61 bits per heavy atom. The Kier molecular flexibility index (Phi) is 5.21. The van der Waals surface area contributed by atoms with Crippen molar-refractivity contribution < 1.29 is 8.78 Å². The molecule has 0 fully saturated rings. The van der Waals surface area contributed by atoms with Crippen molar-refractivity contribution in [1.82, 2.24) is 14.8 Å². The summed E-state index contributed by atoms with van der Waals surface area (Å²) in [6.45, 7) is 2.03.